The second kappa shape index (κ2) is 5.83. The topological polar surface area (TPSA) is 83.7 Å². The summed E-state index contributed by atoms with van der Waals surface area (Å²) in [6, 6.07) is 10.4. The Balaban J connectivity index is 1.53. The van der Waals surface area contributed by atoms with E-state index in [-0.39, 0.29) is 0 Å². The predicted octanol–water partition coefficient (Wildman–Crippen LogP) is 2.55. The molecule has 1 aliphatic rings. The number of nitrogens with zero attached hydrogens (tertiary/aromatic N) is 5. The van der Waals surface area contributed by atoms with Gasteiger partial charge in [-0.05, 0) is 19.8 Å². The van der Waals surface area contributed by atoms with Crippen molar-refractivity contribution in [3.8, 4) is 11.4 Å². The molecule has 0 amide bonds. The van der Waals surface area contributed by atoms with E-state index in [4.69, 9.17) is 4.52 Å². The molecule has 1 saturated heterocycles. The average molecular weight is 310 g/mol. The van der Waals surface area contributed by atoms with Gasteiger partial charge in [0.2, 0.25) is 5.82 Å². The maximum atomic E-state index is 5.46. The number of aryl methyl sites for hydroxylation is 1. The Kier molecular flexibility index (Phi) is 3.53. The van der Waals surface area contributed by atoms with Crippen LogP contribution in [0, 0.1) is 6.92 Å². The minimum Gasteiger partial charge on any atom is -0.324 e. The molecule has 1 N–H and O–H groups in total. The Labute approximate surface area is 133 Å². The summed E-state index contributed by atoms with van der Waals surface area (Å²) < 4.78 is 5.46. The molecular formula is C16H18N6O. The number of benzene rings is 1. The highest BCUT2D eigenvalue weighted by Gasteiger charge is 2.27. The van der Waals surface area contributed by atoms with E-state index in [1.807, 2.05) is 37.3 Å². The molecule has 7 nitrogen and oxygen atoms in total. The number of H-pyrrole nitrogens is 1. The summed E-state index contributed by atoms with van der Waals surface area (Å²) in [6.45, 7) is 3.63. The van der Waals surface area contributed by atoms with Crippen LogP contribution >= 0.6 is 0 Å². The van der Waals surface area contributed by atoms with Gasteiger partial charge in [-0.2, -0.15) is 10.1 Å². The molecule has 1 atom stereocenters. The van der Waals surface area contributed by atoms with E-state index in [0.717, 1.165) is 43.1 Å². The Morgan fingerprint density at radius 2 is 2.09 bits per heavy atom. The van der Waals surface area contributed by atoms with Gasteiger partial charge in [0, 0.05) is 24.6 Å². The van der Waals surface area contributed by atoms with Crippen LogP contribution in [0.4, 0.5) is 6.01 Å². The van der Waals surface area contributed by atoms with Crippen LogP contribution in [-0.4, -0.2) is 38.4 Å². The third-order valence-electron chi connectivity index (χ3n) is 4.12. The molecule has 4 rings (SSSR count). The molecule has 0 aliphatic carbocycles. The zero-order valence-corrected chi connectivity index (χ0v) is 12.9. The lowest BCUT2D eigenvalue weighted by Gasteiger charge is -2.29. The van der Waals surface area contributed by atoms with Crippen LogP contribution in [0.5, 0.6) is 0 Å². The van der Waals surface area contributed by atoms with Crippen molar-refractivity contribution in [3.05, 3.63) is 42.0 Å². The van der Waals surface area contributed by atoms with E-state index in [0.29, 0.717) is 17.8 Å². The molecule has 3 heterocycles. The van der Waals surface area contributed by atoms with E-state index in [9.17, 15) is 0 Å². The van der Waals surface area contributed by atoms with Gasteiger partial charge >= 0.3 is 6.01 Å². The van der Waals surface area contributed by atoms with Gasteiger partial charge in [0.05, 0.1) is 0 Å². The first-order valence-electron chi connectivity index (χ1n) is 7.82. The highest BCUT2D eigenvalue weighted by Crippen LogP contribution is 2.28. The van der Waals surface area contributed by atoms with Crippen LogP contribution in [0.15, 0.2) is 34.9 Å². The molecule has 0 saturated carbocycles. The number of hydrogen-bond donors (Lipinski definition) is 1. The Morgan fingerprint density at radius 1 is 1.22 bits per heavy atom. The Morgan fingerprint density at radius 3 is 2.87 bits per heavy atom. The second-order valence-corrected chi connectivity index (χ2v) is 5.83. The van der Waals surface area contributed by atoms with Gasteiger partial charge in [-0.25, -0.2) is 4.98 Å². The van der Waals surface area contributed by atoms with E-state index in [1.54, 1.807) is 0 Å². The molecule has 118 valence electrons. The molecule has 7 heteroatoms. The van der Waals surface area contributed by atoms with E-state index >= 15 is 0 Å². The zero-order valence-electron chi connectivity index (χ0n) is 12.9. The first kappa shape index (κ1) is 13.9. The highest BCUT2D eigenvalue weighted by atomic mass is 16.5. The molecule has 0 spiro atoms. The van der Waals surface area contributed by atoms with E-state index < -0.39 is 0 Å². The van der Waals surface area contributed by atoms with Gasteiger partial charge in [-0.15, -0.1) is 0 Å². The fraction of sp³-hybridized carbons (Fsp3) is 0.375. The number of aromatic amines is 1. The lowest BCUT2D eigenvalue weighted by atomic mass is 9.98. The summed E-state index contributed by atoms with van der Waals surface area (Å²) in [7, 11) is 0. The number of anilines is 1. The Hall–Kier alpha value is -2.70. The van der Waals surface area contributed by atoms with Gasteiger partial charge < -0.3 is 9.42 Å². The van der Waals surface area contributed by atoms with Crippen molar-refractivity contribution in [3.63, 3.8) is 0 Å². The summed E-state index contributed by atoms with van der Waals surface area (Å²) in [5.74, 6) is 2.63. The predicted molar refractivity (Wildman–Crippen MR) is 85.0 cm³/mol. The molecule has 0 bridgehead atoms. The monoisotopic (exact) mass is 310 g/mol. The van der Waals surface area contributed by atoms with Crippen LogP contribution in [0.2, 0.25) is 0 Å². The smallest absolute Gasteiger partial charge is 0.324 e. The molecule has 2 aromatic heterocycles. The maximum absolute atomic E-state index is 5.46. The average Bonchev–Trinajstić information content (AvgIpc) is 3.25. The molecule has 1 aliphatic heterocycles. The molecular weight excluding hydrogens is 292 g/mol. The molecule has 1 fully saturated rings. The van der Waals surface area contributed by atoms with Crippen molar-refractivity contribution in [1.82, 2.24) is 25.3 Å². The first-order valence-corrected chi connectivity index (χ1v) is 7.82. The normalized spacial score (nSPS) is 18.3. The minimum absolute atomic E-state index is 0.292. The van der Waals surface area contributed by atoms with E-state index in [2.05, 4.69) is 30.2 Å². The summed E-state index contributed by atoms with van der Waals surface area (Å²) in [4.78, 5) is 11.1. The number of hydrogen-bond acceptors (Lipinski definition) is 6. The molecule has 1 aromatic carbocycles. The van der Waals surface area contributed by atoms with Crippen molar-refractivity contribution in [2.75, 3.05) is 18.0 Å². The molecule has 3 aromatic rings. The number of rotatable bonds is 3. The SMILES string of the molecule is Cc1nc([C@H]2CCCN(c3nc(-c4ccccc4)no3)C2)n[nH]1. The van der Waals surface area contributed by atoms with Gasteiger partial charge in [-0.3, -0.25) is 5.10 Å². The van der Waals surface area contributed by atoms with E-state index in [1.165, 1.54) is 0 Å². The Bertz CT molecular complexity index is 781. The largest absolute Gasteiger partial charge is 0.324 e. The highest BCUT2D eigenvalue weighted by molar-refractivity contribution is 5.55. The maximum Gasteiger partial charge on any atom is 0.324 e. The van der Waals surface area contributed by atoms with Crippen molar-refractivity contribution < 1.29 is 4.52 Å². The quantitative estimate of drug-likeness (QED) is 0.800. The fourth-order valence-corrected chi connectivity index (χ4v) is 2.95. The molecule has 0 unspecified atom stereocenters. The first-order chi connectivity index (χ1) is 11.3. The van der Waals surface area contributed by atoms with Crippen molar-refractivity contribution in [1.29, 1.82) is 0 Å². The summed E-state index contributed by atoms with van der Waals surface area (Å²) in [6.07, 6.45) is 2.13. The molecule has 23 heavy (non-hydrogen) atoms. The fourth-order valence-electron chi connectivity index (χ4n) is 2.95. The third-order valence-corrected chi connectivity index (χ3v) is 4.12. The summed E-state index contributed by atoms with van der Waals surface area (Å²) in [5.41, 5.74) is 0.959. The van der Waals surface area contributed by atoms with Gasteiger partial charge in [0.1, 0.15) is 5.82 Å². The lowest BCUT2D eigenvalue weighted by molar-refractivity contribution is 0.391. The van der Waals surface area contributed by atoms with Crippen LogP contribution in [0.1, 0.15) is 30.4 Å². The standard InChI is InChI=1S/C16H18N6O/c1-11-17-14(20-19-11)13-8-5-9-22(10-13)16-18-15(21-23-16)12-6-3-2-4-7-12/h2-4,6-7,13H,5,8-10H2,1H3,(H,17,19,20)/t13-/m0/s1. The number of piperidine rings is 1. The van der Waals surface area contributed by atoms with Crippen molar-refractivity contribution in [2.24, 2.45) is 0 Å². The van der Waals surface area contributed by atoms with Crippen molar-refractivity contribution >= 4 is 6.01 Å². The second-order valence-electron chi connectivity index (χ2n) is 5.83. The van der Waals surface area contributed by atoms with Gasteiger partial charge in [-0.1, -0.05) is 35.5 Å². The van der Waals surface area contributed by atoms with Crippen LogP contribution in [0.3, 0.4) is 0 Å². The van der Waals surface area contributed by atoms with Gasteiger partial charge in [0.15, 0.2) is 5.82 Å². The third kappa shape index (κ3) is 2.81. The number of nitrogens with one attached hydrogen (secondary N) is 1. The van der Waals surface area contributed by atoms with Gasteiger partial charge in [0.25, 0.3) is 0 Å². The number of aromatic nitrogens is 5. The lowest BCUT2D eigenvalue weighted by Crippen LogP contribution is -2.35. The van der Waals surface area contributed by atoms with Crippen molar-refractivity contribution in [2.45, 2.75) is 25.7 Å². The minimum atomic E-state index is 0.292. The summed E-state index contributed by atoms with van der Waals surface area (Å²) >= 11 is 0. The van der Waals surface area contributed by atoms with Crippen LogP contribution < -0.4 is 4.90 Å². The molecule has 0 radical (unpaired) electrons. The zero-order chi connectivity index (χ0) is 15.6. The van der Waals surface area contributed by atoms with Crippen LogP contribution in [0.25, 0.3) is 11.4 Å². The summed E-state index contributed by atoms with van der Waals surface area (Å²) in [5, 5.41) is 11.3. The van der Waals surface area contributed by atoms with Crippen LogP contribution in [-0.2, 0) is 0 Å².